The second-order valence-corrected chi connectivity index (χ2v) is 5.76. The van der Waals surface area contributed by atoms with Gasteiger partial charge in [-0.2, -0.15) is 0 Å². The summed E-state index contributed by atoms with van der Waals surface area (Å²) >= 11 is 9.59. The maximum absolute atomic E-state index is 13.9. The molecule has 2 rings (SSSR count). The lowest BCUT2D eigenvalue weighted by atomic mass is 10.0. The van der Waals surface area contributed by atoms with E-state index in [1.807, 2.05) is 6.92 Å². The third kappa shape index (κ3) is 3.04. The molecule has 6 heteroatoms. The standard InChI is InChI=1S/C15H11BrClF3O/c1-7-5-12(21-2)9(6-10(7)16)13(17)8-3-4-11(18)15(20)14(8)19/h3-6,13H,1-2H3. The number of benzene rings is 2. The van der Waals surface area contributed by atoms with Gasteiger partial charge in [0.15, 0.2) is 17.5 Å². The van der Waals surface area contributed by atoms with E-state index in [1.165, 1.54) is 7.11 Å². The van der Waals surface area contributed by atoms with Crippen LogP contribution in [0.3, 0.4) is 0 Å². The zero-order chi connectivity index (χ0) is 15.7. The molecule has 0 N–H and O–H groups in total. The summed E-state index contributed by atoms with van der Waals surface area (Å²) in [5, 5.41) is -1.01. The highest BCUT2D eigenvalue weighted by Crippen LogP contribution is 2.39. The third-order valence-corrected chi connectivity index (χ3v) is 4.45. The van der Waals surface area contributed by atoms with E-state index in [0.29, 0.717) is 11.3 Å². The summed E-state index contributed by atoms with van der Waals surface area (Å²) in [6, 6.07) is 5.37. The van der Waals surface area contributed by atoms with Crippen molar-refractivity contribution < 1.29 is 17.9 Å². The van der Waals surface area contributed by atoms with Gasteiger partial charge in [0, 0.05) is 15.6 Å². The lowest BCUT2D eigenvalue weighted by molar-refractivity contribution is 0.408. The van der Waals surface area contributed by atoms with E-state index in [1.54, 1.807) is 12.1 Å². The molecule has 0 spiro atoms. The van der Waals surface area contributed by atoms with Crippen molar-refractivity contribution in [1.29, 1.82) is 0 Å². The third-order valence-electron chi connectivity index (χ3n) is 3.12. The predicted molar refractivity (Wildman–Crippen MR) is 79.4 cm³/mol. The number of methoxy groups -OCH3 is 1. The summed E-state index contributed by atoms with van der Waals surface area (Å²) in [4.78, 5) is 0. The molecule has 0 amide bonds. The van der Waals surface area contributed by atoms with Crippen molar-refractivity contribution in [3.05, 3.63) is 62.9 Å². The van der Waals surface area contributed by atoms with Crippen LogP contribution in [-0.4, -0.2) is 7.11 Å². The first-order valence-electron chi connectivity index (χ1n) is 5.98. The Morgan fingerprint density at radius 3 is 2.38 bits per heavy atom. The van der Waals surface area contributed by atoms with E-state index < -0.39 is 22.8 Å². The molecule has 0 radical (unpaired) electrons. The molecular weight excluding hydrogens is 369 g/mol. The lowest BCUT2D eigenvalue weighted by Crippen LogP contribution is -2.04. The number of aryl methyl sites for hydroxylation is 1. The van der Waals surface area contributed by atoms with Crippen molar-refractivity contribution in [1.82, 2.24) is 0 Å². The number of hydrogen-bond acceptors (Lipinski definition) is 1. The normalized spacial score (nSPS) is 12.3. The average molecular weight is 380 g/mol. The van der Waals surface area contributed by atoms with Crippen LogP contribution in [0.4, 0.5) is 13.2 Å². The molecule has 0 saturated heterocycles. The fraction of sp³-hybridized carbons (Fsp3) is 0.200. The second kappa shape index (κ2) is 6.28. The van der Waals surface area contributed by atoms with Crippen LogP contribution in [0.1, 0.15) is 22.1 Å². The summed E-state index contributed by atoms with van der Waals surface area (Å²) in [5.41, 5.74) is 1.22. The predicted octanol–water partition coefficient (Wildman–Crippen LogP) is 5.51. The van der Waals surface area contributed by atoms with Gasteiger partial charge in [0.05, 0.1) is 12.5 Å². The van der Waals surface area contributed by atoms with Crippen LogP contribution in [0.5, 0.6) is 5.75 Å². The van der Waals surface area contributed by atoms with Gasteiger partial charge in [-0.1, -0.05) is 22.0 Å². The van der Waals surface area contributed by atoms with Gasteiger partial charge in [-0.25, -0.2) is 13.2 Å². The zero-order valence-electron chi connectivity index (χ0n) is 11.2. The molecule has 21 heavy (non-hydrogen) atoms. The van der Waals surface area contributed by atoms with E-state index in [4.69, 9.17) is 16.3 Å². The van der Waals surface area contributed by atoms with Gasteiger partial charge in [0.1, 0.15) is 5.75 Å². The van der Waals surface area contributed by atoms with E-state index in [0.717, 1.165) is 22.2 Å². The average Bonchev–Trinajstić information content (AvgIpc) is 2.46. The minimum atomic E-state index is -1.54. The Hall–Kier alpha value is -1.20. The molecule has 112 valence electrons. The molecule has 1 unspecified atom stereocenters. The van der Waals surface area contributed by atoms with Crippen molar-refractivity contribution in [2.24, 2.45) is 0 Å². The maximum Gasteiger partial charge on any atom is 0.194 e. The van der Waals surface area contributed by atoms with Gasteiger partial charge >= 0.3 is 0 Å². The number of rotatable bonds is 3. The largest absolute Gasteiger partial charge is 0.496 e. The molecule has 0 aliphatic heterocycles. The lowest BCUT2D eigenvalue weighted by Gasteiger charge is -2.17. The van der Waals surface area contributed by atoms with E-state index in [2.05, 4.69) is 15.9 Å². The van der Waals surface area contributed by atoms with Crippen molar-refractivity contribution in [3.8, 4) is 5.75 Å². The molecule has 1 atom stereocenters. The maximum atomic E-state index is 13.9. The van der Waals surface area contributed by atoms with Crippen LogP contribution in [0.2, 0.25) is 0 Å². The molecule has 0 bridgehead atoms. The first-order valence-corrected chi connectivity index (χ1v) is 7.21. The first kappa shape index (κ1) is 16.2. The zero-order valence-corrected chi connectivity index (χ0v) is 13.5. The highest BCUT2D eigenvalue weighted by atomic mass is 79.9. The fourth-order valence-electron chi connectivity index (χ4n) is 1.95. The summed E-state index contributed by atoms with van der Waals surface area (Å²) < 4.78 is 46.2. The fourth-order valence-corrected chi connectivity index (χ4v) is 2.65. The van der Waals surface area contributed by atoms with Gasteiger partial charge in [0.25, 0.3) is 0 Å². The Morgan fingerprint density at radius 2 is 1.76 bits per heavy atom. The SMILES string of the molecule is COc1cc(C)c(Br)cc1C(Cl)c1ccc(F)c(F)c1F. The Balaban J connectivity index is 2.57. The Bertz CT molecular complexity index is 691. The van der Waals surface area contributed by atoms with Crippen molar-refractivity contribution >= 4 is 27.5 Å². The number of halogens is 5. The number of ether oxygens (including phenoxy) is 1. The molecule has 0 aromatic heterocycles. The minimum Gasteiger partial charge on any atom is -0.496 e. The van der Waals surface area contributed by atoms with Crippen LogP contribution in [0, 0.1) is 24.4 Å². The summed E-state index contributed by atoms with van der Waals surface area (Å²) in [6.07, 6.45) is 0. The molecule has 0 fully saturated rings. The van der Waals surface area contributed by atoms with E-state index >= 15 is 0 Å². The number of alkyl halides is 1. The smallest absolute Gasteiger partial charge is 0.194 e. The van der Waals surface area contributed by atoms with Crippen molar-refractivity contribution in [2.75, 3.05) is 7.11 Å². The molecule has 2 aromatic rings. The Morgan fingerprint density at radius 1 is 1.10 bits per heavy atom. The van der Waals surface area contributed by atoms with Gasteiger partial charge in [0.2, 0.25) is 0 Å². The topological polar surface area (TPSA) is 9.23 Å². The molecular formula is C15H11BrClF3O. The van der Waals surface area contributed by atoms with Crippen LogP contribution in [0.25, 0.3) is 0 Å². The molecule has 2 aromatic carbocycles. The summed E-state index contributed by atoms with van der Waals surface area (Å²) in [5.74, 6) is -3.64. The summed E-state index contributed by atoms with van der Waals surface area (Å²) in [6.45, 7) is 1.86. The van der Waals surface area contributed by atoms with Crippen LogP contribution in [0.15, 0.2) is 28.7 Å². The second-order valence-electron chi connectivity index (χ2n) is 4.47. The van der Waals surface area contributed by atoms with Gasteiger partial charge in [-0.05, 0) is 30.7 Å². The van der Waals surface area contributed by atoms with Crippen LogP contribution >= 0.6 is 27.5 Å². The molecule has 0 saturated carbocycles. The highest BCUT2D eigenvalue weighted by Gasteiger charge is 2.23. The van der Waals surface area contributed by atoms with Crippen LogP contribution in [-0.2, 0) is 0 Å². The van der Waals surface area contributed by atoms with Gasteiger partial charge in [-0.15, -0.1) is 11.6 Å². The molecule has 0 aliphatic rings. The van der Waals surface area contributed by atoms with Gasteiger partial charge in [-0.3, -0.25) is 0 Å². The van der Waals surface area contributed by atoms with Gasteiger partial charge < -0.3 is 4.74 Å². The molecule has 0 aliphatic carbocycles. The molecule has 1 nitrogen and oxygen atoms in total. The minimum absolute atomic E-state index is 0.149. The molecule has 0 heterocycles. The first-order chi connectivity index (χ1) is 9.86. The number of hydrogen-bond donors (Lipinski definition) is 0. The monoisotopic (exact) mass is 378 g/mol. The van der Waals surface area contributed by atoms with Crippen molar-refractivity contribution in [3.63, 3.8) is 0 Å². The Labute approximate surface area is 133 Å². The van der Waals surface area contributed by atoms with Crippen LogP contribution < -0.4 is 4.74 Å². The van der Waals surface area contributed by atoms with E-state index in [9.17, 15) is 13.2 Å². The Kier molecular flexibility index (Phi) is 4.84. The summed E-state index contributed by atoms with van der Waals surface area (Å²) in [7, 11) is 1.46. The quantitative estimate of drug-likeness (QED) is 0.504. The van der Waals surface area contributed by atoms with Crippen molar-refractivity contribution in [2.45, 2.75) is 12.3 Å². The van der Waals surface area contributed by atoms with E-state index in [-0.39, 0.29) is 5.56 Å². The highest BCUT2D eigenvalue weighted by molar-refractivity contribution is 9.10.